The minimum atomic E-state index is 0.396. The van der Waals surface area contributed by atoms with Crippen molar-refractivity contribution in [3.8, 4) is 11.8 Å². The van der Waals surface area contributed by atoms with Gasteiger partial charge in [0.25, 0.3) is 0 Å². The summed E-state index contributed by atoms with van der Waals surface area (Å²) in [6.07, 6.45) is 0. The van der Waals surface area contributed by atoms with Gasteiger partial charge in [-0.2, -0.15) is 0 Å². The Labute approximate surface area is 124 Å². The van der Waals surface area contributed by atoms with Crippen molar-refractivity contribution in [1.29, 1.82) is 0 Å². The van der Waals surface area contributed by atoms with E-state index < -0.39 is 0 Å². The lowest BCUT2D eigenvalue weighted by atomic mass is 10.1. The Balaban J connectivity index is 1.98. The SMILES string of the molecule is Cc1nc(CN(C)Cc2cccc(C#CCN)c2)cs1. The highest BCUT2D eigenvalue weighted by Crippen LogP contribution is 2.12. The van der Waals surface area contributed by atoms with E-state index in [0.717, 1.165) is 29.4 Å². The summed E-state index contributed by atoms with van der Waals surface area (Å²) >= 11 is 1.70. The third kappa shape index (κ3) is 4.46. The fraction of sp³-hybridized carbons (Fsp3) is 0.312. The summed E-state index contributed by atoms with van der Waals surface area (Å²) < 4.78 is 0. The maximum atomic E-state index is 5.40. The van der Waals surface area contributed by atoms with Crippen LogP contribution in [0.2, 0.25) is 0 Å². The number of rotatable bonds is 4. The van der Waals surface area contributed by atoms with Crippen LogP contribution in [0.25, 0.3) is 0 Å². The second kappa shape index (κ2) is 7.20. The molecule has 0 radical (unpaired) electrons. The van der Waals surface area contributed by atoms with Crippen LogP contribution in [0.15, 0.2) is 29.6 Å². The van der Waals surface area contributed by atoms with Crippen molar-refractivity contribution >= 4 is 11.3 Å². The minimum absolute atomic E-state index is 0.396. The van der Waals surface area contributed by atoms with Gasteiger partial charge < -0.3 is 5.73 Å². The van der Waals surface area contributed by atoms with E-state index in [1.54, 1.807) is 11.3 Å². The van der Waals surface area contributed by atoms with Gasteiger partial charge in [0.2, 0.25) is 0 Å². The molecule has 1 heterocycles. The fourth-order valence-electron chi connectivity index (χ4n) is 2.03. The normalized spacial score (nSPS) is 10.4. The van der Waals surface area contributed by atoms with E-state index in [1.165, 1.54) is 5.56 Å². The van der Waals surface area contributed by atoms with Gasteiger partial charge in [0.1, 0.15) is 0 Å². The van der Waals surface area contributed by atoms with Crippen LogP contribution in [-0.4, -0.2) is 23.5 Å². The number of thiazole rings is 1. The lowest BCUT2D eigenvalue weighted by molar-refractivity contribution is 0.315. The summed E-state index contributed by atoms with van der Waals surface area (Å²) in [5, 5.41) is 3.24. The molecule has 0 amide bonds. The van der Waals surface area contributed by atoms with Crippen LogP contribution >= 0.6 is 11.3 Å². The van der Waals surface area contributed by atoms with E-state index in [1.807, 2.05) is 19.1 Å². The quantitative estimate of drug-likeness (QED) is 0.877. The Morgan fingerprint density at radius 3 is 2.90 bits per heavy atom. The van der Waals surface area contributed by atoms with Crippen LogP contribution in [0, 0.1) is 18.8 Å². The molecule has 4 heteroatoms. The molecule has 2 rings (SSSR count). The van der Waals surface area contributed by atoms with Crippen molar-refractivity contribution in [3.63, 3.8) is 0 Å². The Kier molecular flexibility index (Phi) is 5.31. The number of aryl methyl sites for hydroxylation is 1. The van der Waals surface area contributed by atoms with Crippen molar-refractivity contribution in [1.82, 2.24) is 9.88 Å². The first kappa shape index (κ1) is 14.7. The standard InChI is InChI=1S/C16H19N3S/c1-13-18-16(12-20-13)11-19(2)10-15-6-3-5-14(9-15)7-4-8-17/h3,5-6,9,12H,8,10-11,17H2,1-2H3. The summed E-state index contributed by atoms with van der Waals surface area (Å²) in [5.74, 6) is 5.95. The molecule has 20 heavy (non-hydrogen) atoms. The molecule has 0 unspecified atom stereocenters. The summed E-state index contributed by atoms with van der Waals surface area (Å²) in [4.78, 5) is 6.74. The van der Waals surface area contributed by atoms with Crippen LogP contribution in [-0.2, 0) is 13.1 Å². The Morgan fingerprint density at radius 1 is 1.35 bits per heavy atom. The molecule has 0 aliphatic heterocycles. The first-order valence-electron chi connectivity index (χ1n) is 6.55. The zero-order chi connectivity index (χ0) is 14.4. The molecule has 0 aliphatic rings. The topological polar surface area (TPSA) is 42.2 Å². The average molecular weight is 285 g/mol. The summed E-state index contributed by atoms with van der Waals surface area (Å²) in [7, 11) is 2.10. The second-order valence-electron chi connectivity index (χ2n) is 4.74. The zero-order valence-corrected chi connectivity index (χ0v) is 12.7. The maximum Gasteiger partial charge on any atom is 0.0897 e. The molecule has 0 spiro atoms. The number of aromatic nitrogens is 1. The molecule has 104 valence electrons. The van der Waals surface area contributed by atoms with E-state index in [0.29, 0.717) is 6.54 Å². The second-order valence-corrected chi connectivity index (χ2v) is 5.80. The summed E-state index contributed by atoms with van der Waals surface area (Å²) in [6, 6.07) is 8.29. The molecule has 0 saturated heterocycles. The Hall–Kier alpha value is -1.67. The number of nitrogens with two attached hydrogens (primary N) is 1. The first-order valence-corrected chi connectivity index (χ1v) is 7.43. The van der Waals surface area contributed by atoms with Crippen molar-refractivity contribution in [2.75, 3.05) is 13.6 Å². The summed E-state index contributed by atoms with van der Waals surface area (Å²) in [5.41, 5.74) is 8.80. The molecule has 0 aliphatic carbocycles. The Bertz CT molecular complexity index is 622. The summed E-state index contributed by atoms with van der Waals surface area (Å²) in [6.45, 7) is 4.18. The molecule has 0 atom stereocenters. The van der Waals surface area contributed by atoms with Gasteiger partial charge in [-0.3, -0.25) is 4.90 Å². The van der Waals surface area contributed by atoms with Gasteiger partial charge >= 0.3 is 0 Å². The van der Waals surface area contributed by atoms with E-state index in [9.17, 15) is 0 Å². The highest BCUT2D eigenvalue weighted by Gasteiger charge is 2.04. The molecule has 0 bridgehead atoms. The van der Waals surface area contributed by atoms with Crippen LogP contribution in [0.4, 0.5) is 0 Å². The molecule has 1 aromatic carbocycles. The van der Waals surface area contributed by atoms with Gasteiger partial charge in [-0.05, 0) is 31.7 Å². The monoisotopic (exact) mass is 285 g/mol. The van der Waals surface area contributed by atoms with Gasteiger partial charge in [-0.1, -0.05) is 24.0 Å². The van der Waals surface area contributed by atoms with Crippen molar-refractivity contribution in [3.05, 3.63) is 51.5 Å². The van der Waals surface area contributed by atoms with Crippen molar-refractivity contribution in [2.24, 2.45) is 5.73 Å². The number of hydrogen-bond acceptors (Lipinski definition) is 4. The van der Waals surface area contributed by atoms with Gasteiger partial charge in [0, 0.05) is 24.0 Å². The van der Waals surface area contributed by atoms with Crippen molar-refractivity contribution in [2.45, 2.75) is 20.0 Å². The lowest BCUT2D eigenvalue weighted by Gasteiger charge is -2.15. The van der Waals surface area contributed by atoms with Gasteiger partial charge in [-0.25, -0.2) is 4.98 Å². The van der Waals surface area contributed by atoms with E-state index in [-0.39, 0.29) is 0 Å². The van der Waals surface area contributed by atoms with Gasteiger partial charge in [-0.15, -0.1) is 11.3 Å². The highest BCUT2D eigenvalue weighted by molar-refractivity contribution is 7.09. The van der Waals surface area contributed by atoms with Crippen LogP contribution in [0.3, 0.4) is 0 Å². The third-order valence-electron chi connectivity index (χ3n) is 2.81. The van der Waals surface area contributed by atoms with E-state index in [4.69, 9.17) is 5.73 Å². The van der Waals surface area contributed by atoms with Gasteiger partial charge in [0.15, 0.2) is 0 Å². The van der Waals surface area contributed by atoms with Gasteiger partial charge in [0.05, 0.1) is 17.2 Å². The maximum absolute atomic E-state index is 5.40. The van der Waals surface area contributed by atoms with Crippen LogP contribution < -0.4 is 5.73 Å². The molecule has 2 N–H and O–H groups in total. The molecule has 0 saturated carbocycles. The highest BCUT2D eigenvalue weighted by atomic mass is 32.1. The van der Waals surface area contributed by atoms with E-state index in [2.05, 4.69) is 46.3 Å². The predicted molar refractivity (Wildman–Crippen MR) is 84.4 cm³/mol. The molecule has 2 aromatic rings. The zero-order valence-electron chi connectivity index (χ0n) is 11.9. The fourth-order valence-corrected chi connectivity index (χ4v) is 2.63. The predicted octanol–water partition coefficient (Wildman–Crippen LogP) is 2.39. The smallest absolute Gasteiger partial charge is 0.0897 e. The largest absolute Gasteiger partial charge is 0.320 e. The molecular weight excluding hydrogens is 266 g/mol. The number of nitrogens with zero attached hydrogens (tertiary/aromatic N) is 2. The lowest BCUT2D eigenvalue weighted by Crippen LogP contribution is -2.17. The Morgan fingerprint density at radius 2 is 2.20 bits per heavy atom. The molecule has 0 fully saturated rings. The first-order chi connectivity index (χ1) is 9.67. The average Bonchev–Trinajstić information content (AvgIpc) is 2.82. The molecular formula is C16H19N3S. The minimum Gasteiger partial charge on any atom is -0.320 e. The number of hydrogen-bond donors (Lipinski definition) is 1. The number of benzene rings is 1. The third-order valence-corrected chi connectivity index (χ3v) is 3.64. The van der Waals surface area contributed by atoms with E-state index >= 15 is 0 Å². The van der Waals surface area contributed by atoms with Crippen LogP contribution in [0.5, 0.6) is 0 Å². The molecule has 1 aromatic heterocycles. The van der Waals surface area contributed by atoms with Crippen molar-refractivity contribution < 1.29 is 0 Å². The molecule has 3 nitrogen and oxygen atoms in total. The van der Waals surface area contributed by atoms with Crippen LogP contribution in [0.1, 0.15) is 21.8 Å².